The summed E-state index contributed by atoms with van der Waals surface area (Å²) in [6.45, 7) is 4.79. The minimum atomic E-state index is -0.528. The molecule has 1 aromatic rings. The Morgan fingerprint density at radius 3 is 2.85 bits per heavy atom. The summed E-state index contributed by atoms with van der Waals surface area (Å²) in [7, 11) is 0. The molecule has 1 aromatic carbocycles. The molecule has 0 N–H and O–H groups in total. The lowest BCUT2D eigenvalue weighted by molar-refractivity contribution is -0.162. The molecule has 20 heavy (non-hydrogen) atoms. The number of hydrogen-bond acceptors (Lipinski definition) is 4. The highest BCUT2D eigenvalue weighted by Gasteiger charge is 2.37. The molecule has 0 spiro atoms. The zero-order valence-corrected chi connectivity index (χ0v) is 12.1. The Balaban J connectivity index is 1.77. The van der Waals surface area contributed by atoms with Gasteiger partial charge in [0.05, 0.1) is 12.2 Å². The highest BCUT2D eigenvalue weighted by Crippen LogP contribution is 2.28. The number of benzene rings is 1. The molecular formula is C16H22O4. The van der Waals surface area contributed by atoms with Gasteiger partial charge in [-0.25, -0.2) is 4.79 Å². The Morgan fingerprint density at radius 2 is 2.15 bits per heavy atom. The summed E-state index contributed by atoms with van der Waals surface area (Å²) in [5.41, 5.74) is 0.556. The van der Waals surface area contributed by atoms with Crippen molar-refractivity contribution in [2.24, 2.45) is 0 Å². The molecule has 0 aliphatic carbocycles. The maximum absolute atomic E-state index is 11.8. The number of ether oxygens (including phenoxy) is 3. The van der Waals surface area contributed by atoms with Gasteiger partial charge in [-0.3, -0.25) is 0 Å². The molecule has 0 saturated carbocycles. The van der Waals surface area contributed by atoms with E-state index in [1.165, 1.54) is 0 Å². The van der Waals surface area contributed by atoms with E-state index in [1.54, 1.807) is 12.1 Å². The van der Waals surface area contributed by atoms with Crippen LogP contribution in [0.2, 0.25) is 0 Å². The second-order valence-corrected chi connectivity index (χ2v) is 5.25. The van der Waals surface area contributed by atoms with Crippen LogP contribution in [0.4, 0.5) is 0 Å². The fourth-order valence-corrected chi connectivity index (χ4v) is 2.23. The van der Waals surface area contributed by atoms with Crippen LogP contribution in [0.15, 0.2) is 30.3 Å². The van der Waals surface area contributed by atoms with E-state index >= 15 is 0 Å². The molecule has 0 bridgehead atoms. The van der Waals surface area contributed by atoms with Crippen molar-refractivity contribution in [1.82, 2.24) is 0 Å². The standard InChI is InChI=1S/C16H22O4/c1-3-4-10-16(2)19-12-14(20-16)11-18-15(17)13-8-6-5-7-9-13/h5-9,14H,3-4,10-12H2,1-2H3. The van der Waals surface area contributed by atoms with Gasteiger partial charge in [0, 0.05) is 6.42 Å². The second-order valence-electron chi connectivity index (χ2n) is 5.25. The maximum Gasteiger partial charge on any atom is 0.338 e. The average Bonchev–Trinajstić information content (AvgIpc) is 2.86. The third-order valence-corrected chi connectivity index (χ3v) is 3.38. The molecule has 4 nitrogen and oxygen atoms in total. The zero-order chi connectivity index (χ0) is 14.4. The van der Waals surface area contributed by atoms with Gasteiger partial charge in [-0.05, 0) is 25.5 Å². The van der Waals surface area contributed by atoms with E-state index in [4.69, 9.17) is 14.2 Å². The summed E-state index contributed by atoms with van der Waals surface area (Å²) in [5, 5.41) is 0. The predicted octanol–water partition coefficient (Wildman–Crippen LogP) is 3.17. The van der Waals surface area contributed by atoms with Crippen LogP contribution in [-0.2, 0) is 14.2 Å². The number of esters is 1. The monoisotopic (exact) mass is 278 g/mol. The van der Waals surface area contributed by atoms with Crippen LogP contribution in [0.5, 0.6) is 0 Å². The van der Waals surface area contributed by atoms with Gasteiger partial charge in [-0.15, -0.1) is 0 Å². The molecule has 2 rings (SSSR count). The Morgan fingerprint density at radius 1 is 1.40 bits per heavy atom. The van der Waals surface area contributed by atoms with E-state index in [2.05, 4.69) is 6.92 Å². The molecule has 1 saturated heterocycles. The fraction of sp³-hybridized carbons (Fsp3) is 0.562. The first kappa shape index (κ1) is 15.0. The third-order valence-electron chi connectivity index (χ3n) is 3.38. The first-order chi connectivity index (χ1) is 9.63. The first-order valence-corrected chi connectivity index (χ1v) is 7.17. The van der Waals surface area contributed by atoms with Gasteiger partial charge < -0.3 is 14.2 Å². The van der Waals surface area contributed by atoms with Crippen LogP contribution in [0.3, 0.4) is 0 Å². The van der Waals surface area contributed by atoms with Crippen molar-refractivity contribution in [3.05, 3.63) is 35.9 Å². The average molecular weight is 278 g/mol. The van der Waals surface area contributed by atoms with E-state index < -0.39 is 5.79 Å². The maximum atomic E-state index is 11.8. The van der Waals surface area contributed by atoms with Gasteiger partial charge in [0.2, 0.25) is 0 Å². The highest BCUT2D eigenvalue weighted by atomic mass is 16.7. The zero-order valence-electron chi connectivity index (χ0n) is 12.1. The molecule has 2 atom stereocenters. The summed E-state index contributed by atoms with van der Waals surface area (Å²) in [6.07, 6.45) is 2.86. The summed E-state index contributed by atoms with van der Waals surface area (Å²) in [6, 6.07) is 8.96. The summed E-state index contributed by atoms with van der Waals surface area (Å²) in [4.78, 5) is 11.8. The summed E-state index contributed by atoms with van der Waals surface area (Å²) < 4.78 is 16.8. The van der Waals surface area contributed by atoms with E-state index in [0.29, 0.717) is 12.2 Å². The molecule has 0 aromatic heterocycles. The van der Waals surface area contributed by atoms with Crippen LogP contribution in [0.1, 0.15) is 43.5 Å². The van der Waals surface area contributed by atoms with Crippen molar-refractivity contribution in [1.29, 1.82) is 0 Å². The molecule has 0 radical (unpaired) electrons. The number of rotatable bonds is 6. The second kappa shape index (κ2) is 6.86. The van der Waals surface area contributed by atoms with Crippen molar-refractivity contribution in [3.8, 4) is 0 Å². The number of hydrogen-bond donors (Lipinski definition) is 0. The first-order valence-electron chi connectivity index (χ1n) is 7.17. The van der Waals surface area contributed by atoms with Crippen molar-refractivity contribution in [3.63, 3.8) is 0 Å². The van der Waals surface area contributed by atoms with Crippen LogP contribution in [0.25, 0.3) is 0 Å². The van der Waals surface area contributed by atoms with Crippen molar-refractivity contribution in [2.45, 2.75) is 45.0 Å². The van der Waals surface area contributed by atoms with Gasteiger partial charge in [0.15, 0.2) is 5.79 Å². The van der Waals surface area contributed by atoms with E-state index in [-0.39, 0.29) is 18.7 Å². The van der Waals surface area contributed by atoms with E-state index in [1.807, 2.05) is 25.1 Å². The van der Waals surface area contributed by atoms with Gasteiger partial charge in [0.1, 0.15) is 12.7 Å². The fourth-order valence-electron chi connectivity index (χ4n) is 2.23. The van der Waals surface area contributed by atoms with Crippen LogP contribution >= 0.6 is 0 Å². The Bertz CT molecular complexity index is 431. The SMILES string of the molecule is CCCCC1(C)OCC(COC(=O)c2ccccc2)O1. The van der Waals surface area contributed by atoms with Gasteiger partial charge in [-0.2, -0.15) is 0 Å². The normalized spacial score (nSPS) is 25.6. The van der Waals surface area contributed by atoms with Gasteiger partial charge in [0.25, 0.3) is 0 Å². The lowest BCUT2D eigenvalue weighted by atomic mass is 10.1. The van der Waals surface area contributed by atoms with Crippen LogP contribution in [0, 0.1) is 0 Å². The molecule has 1 fully saturated rings. The van der Waals surface area contributed by atoms with E-state index in [0.717, 1.165) is 19.3 Å². The summed E-state index contributed by atoms with van der Waals surface area (Å²) >= 11 is 0. The van der Waals surface area contributed by atoms with Crippen LogP contribution in [-0.4, -0.2) is 31.1 Å². The number of unbranched alkanes of at least 4 members (excludes halogenated alkanes) is 1. The van der Waals surface area contributed by atoms with Crippen molar-refractivity contribution < 1.29 is 19.0 Å². The Hall–Kier alpha value is -1.39. The topological polar surface area (TPSA) is 44.8 Å². The Labute approximate surface area is 120 Å². The Kier molecular flexibility index (Phi) is 5.15. The van der Waals surface area contributed by atoms with Crippen molar-refractivity contribution >= 4 is 5.97 Å². The highest BCUT2D eigenvalue weighted by molar-refractivity contribution is 5.89. The predicted molar refractivity (Wildman–Crippen MR) is 75.5 cm³/mol. The molecule has 2 unspecified atom stereocenters. The molecule has 4 heteroatoms. The van der Waals surface area contributed by atoms with E-state index in [9.17, 15) is 4.79 Å². The largest absolute Gasteiger partial charge is 0.459 e. The minimum absolute atomic E-state index is 0.176. The lowest BCUT2D eigenvalue weighted by Gasteiger charge is -2.22. The molecule has 1 heterocycles. The molecule has 0 amide bonds. The quantitative estimate of drug-likeness (QED) is 0.750. The lowest BCUT2D eigenvalue weighted by Crippen LogP contribution is -2.28. The molecule has 110 valence electrons. The van der Waals surface area contributed by atoms with Gasteiger partial charge in [-0.1, -0.05) is 31.5 Å². The smallest absolute Gasteiger partial charge is 0.338 e. The van der Waals surface area contributed by atoms with Crippen LogP contribution < -0.4 is 0 Å². The molecule has 1 aliphatic heterocycles. The minimum Gasteiger partial charge on any atom is -0.459 e. The van der Waals surface area contributed by atoms with Gasteiger partial charge >= 0.3 is 5.97 Å². The number of carbonyl (C=O) groups excluding carboxylic acids is 1. The summed E-state index contributed by atoms with van der Waals surface area (Å²) in [5.74, 6) is -0.851. The van der Waals surface area contributed by atoms with Crippen molar-refractivity contribution in [2.75, 3.05) is 13.2 Å². The molecule has 1 aliphatic rings. The molecular weight excluding hydrogens is 256 g/mol. The third kappa shape index (κ3) is 4.05. The number of carbonyl (C=O) groups is 1.